The van der Waals surface area contributed by atoms with Crippen LogP contribution >= 0.6 is 11.6 Å². The Balaban J connectivity index is 2.06. The second-order valence-corrected chi connectivity index (χ2v) is 7.40. The highest BCUT2D eigenvalue weighted by molar-refractivity contribution is 6.30. The van der Waals surface area contributed by atoms with Crippen LogP contribution in [0.2, 0.25) is 5.02 Å². The van der Waals surface area contributed by atoms with Crippen molar-refractivity contribution in [2.75, 3.05) is 7.11 Å². The van der Waals surface area contributed by atoms with Crippen molar-refractivity contribution in [1.82, 2.24) is 5.32 Å². The highest BCUT2D eigenvalue weighted by Gasteiger charge is 2.20. The first kappa shape index (κ1) is 23.4. The largest absolute Gasteiger partial charge is 0.496 e. The topological polar surface area (TPSA) is 84.9 Å². The van der Waals surface area contributed by atoms with Crippen LogP contribution < -0.4 is 10.1 Å². The molecule has 0 aliphatic heterocycles. The normalized spacial score (nSPS) is 12.2. The van der Waals surface area contributed by atoms with Crippen molar-refractivity contribution in [3.05, 3.63) is 70.3 Å². The maximum Gasteiger partial charge on any atom is 0.333 e. The summed E-state index contributed by atoms with van der Waals surface area (Å²) in [6, 6.07) is 12.5. The van der Waals surface area contributed by atoms with E-state index in [2.05, 4.69) is 5.32 Å². The minimum absolute atomic E-state index is 0.200. The molecule has 0 saturated carbocycles. The van der Waals surface area contributed by atoms with Gasteiger partial charge in [-0.2, -0.15) is 0 Å². The summed E-state index contributed by atoms with van der Waals surface area (Å²) in [5.74, 6) is -0.677. The molecule has 2 aromatic carbocycles. The molecule has 0 saturated heterocycles. The molecule has 0 bridgehead atoms. The van der Waals surface area contributed by atoms with E-state index in [-0.39, 0.29) is 25.0 Å². The highest BCUT2D eigenvalue weighted by Crippen LogP contribution is 2.21. The molecule has 2 N–H and O–H groups in total. The fraction of sp³-hybridized carbons (Fsp3) is 0.304. The molecule has 0 aliphatic carbocycles. The summed E-state index contributed by atoms with van der Waals surface area (Å²) in [5, 5.41) is 12.8. The van der Waals surface area contributed by atoms with Gasteiger partial charge in [0.25, 0.3) is 0 Å². The van der Waals surface area contributed by atoms with E-state index < -0.39 is 12.1 Å². The lowest BCUT2D eigenvalue weighted by atomic mass is 10.0. The number of ether oxygens (including phenoxy) is 2. The van der Waals surface area contributed by atoms with E-state index >= 15 is 0 Å². The molecule has 1 amide bonds. The lowest BCUT2D eigenvalue weighted by Crippen LogP contribution is -2.29. The van der Waals surface area contributed by atoms with Crippen LogP contribution in [0.1, 0.15) is 30.5 Å². The number of carboxylic acids is 1. The number of carbonyl (C=O) groups is 2. The number of nitrogens with one attached hydrogen (secondary N) is 1. The van der Waals surface area contributed by atoms with E-state index in [4.69, 9.17) is 21.1 Å². The summed E-state index contributed by atoms with van der Waals surface area (Å²) in [7, 11) is 1.54. The Labute approximate surface area is 181 Å². The molecule has 0 radical (unpaired) electrons. The number of halogens is 1. The van der Waals surface area contributed by atoms with E-state index in [1.807, 2.05) is 18.2 Å². The number of rotatable bonds is 10. The van der Waals surface area contributed by atoms with Crippen molar-refractivity contribution < 1.29 is 24.2 Å². The quantitative estimate of drug-likeness (QED) is 0.553. The van der Waals surface area contributed by atoms with Crippen LogP contribution in [0, 0.1) is 0 Å². The third-order valence-electron chi connectivity index (χ3n) is 4.21. The molecule has 30 heavy (non-hydrogen) atoms. The van der Waals surface area contributed by atoms with Crippen LogP contribution in [0.4, 0.5) is 0 Å². The first-order valence-electron chi connectivity index (χ1n) is 9.54. The van der Waals surface area contributed by atoms with E-state index in [1.54, 1.807) is 51.3 Å². The number of amides is 1. The van der Waals surface area contributed by atoms with Crippen molar-refractivity contribution in [2.45, 2.75) is 39.0 Å². The van der Waals surface area contributed by atoms with Gasteiger partial charge < -0.3 is 19.9 Å². The molecule has 7 heteroatoms. The van der Waals surface area contributed by atoms with Gasteiger partial charge in [0.05, 0.1) is 13.2 Å². The lowest BCUT2D eigenvalue weighted by molar-refractivity contribution is -0.153. The van der Waals surface area contributed by atoms with Crippen LogP contribution in [0.15, 0.2) is 48.5 Å². The van der Waals surface area contributed by atoms with E-state index in [1.165, 1.54) is 6.08 Å². The minimum atomic E-state index is -1.01. The Morgan fingerprint density at radius 2 is 1.97 bits per heavy atom. The second-order valence-electron chi connectivity index (χ2n) is 6.97. The highest BCUT2D eigenvalue weighted by atomic mass is 35.5. The SMILES string of the molecule is COc1ccc(CC(OC(C)C)C(=O)O)cc1CNC(=O)C=Cc1cccc(Cl)c1. The molecule has 1 unspecified atom stereocenters. The van der Waals surface area contributed by atoms with Crippen LogP contribution in [0.3, 0.4) is 0 Å². The van der Waals surface area contributed by atoms with E-state index in [0.717, 1.165) is 16.7 Å². The molecule has 2 rings (SSSR count). The zero-order valence-electron chi connectivity index (χ0n) is 17.2. The van der Waals surface area contributed by atoms with Crippen molar-refractivity contribution in [2.24, 2.45) is 0 Å². The average Bonchev–Trinajstić information content (AvgIpc) is 2.70. The molecule has 0 aromatic heterocycles. The number of methoxy groups -OCH3 is 1. The molecule has 0 aliphatic rings. The van der Waals surface area contributed by atoms with Crippen LogP contribution in [-0.2, 0) is 27.3 Å². The zero-order valence-corrected chi connectivity index (χ0v) is 18.0. The Kier molecular flexibility index (Phi) is 8.89. The molecule has 0 fully saturated rings. The molecule has 160 valence electrons. The number of hydrogen-bond acceptors (Lipinski definition) is 4. The van der Waals surface area contributed by atoms with Crippen molar-refractivity contribution in [1.29, 1.82) is 0 Å². The molecule has 0 heterocycles. The second kappa shape index (κ2) is 11.4. The average molecular weight is 432 g/mol. The van der Waals surface area contributed by atoms with Gasteiger partial charge in [-0.3, -0.25) is 4.79 Å². The smallest absolute Gasteiger partial charge is 0.333 e. The summed E-state index contributed by atoms with van der Waals surface area (Å²) in [4.78, 5) is 23.6. The van der Waals surface area contributed by atoms with E-state index in [9.17, 15) is 14.7 Å². The van der Waals surface area contributed by atoms with Gasteiger partial charge in [-0.05, 0) is 49.2 Å². The Hall–Kier alpha value is -2.83. The third-order valence-corrected chi connectivity index (χ3v) is 4.44. The summed E-state index contributed by atoms with van der Waals surface area (Å²) < 4.78 is 10.8. The van der Waals surface area contributed by atoms with Gasteiger partial charge in [-0.25, -0.2) is 4.79 Å². The lowest BCUT2D eigenvalue weighted by Gasteiger charge is -2.17. The predicted molar refractivity (Wildman–Crippen MR) is 117 cm³/mol. The molecule has 0 spiro atoms. The fourth-order valence-corrected chi connectivity index (χ4v) is 3.06. The molecular formula is C23H26ClNO5. The maximum atomic E-state index is 12.2. The predicted octanol–water partition coefficient (Wildman–Crippen LogP) is 4.10. The van der Waals surface area contributed by atoms with Gasteiger partial charge in [0.15, 0.2) is 6.10 Å². The number of benzene rings is 2. The Morgan fingerprint density at radius 1 is 1.20 bits per heavy atom. The molecule has 1 atom stereocenters. The Morgan fingerprint density at radius 3 is 2.60 bits per heavy atom. The number of carboxylic acid groups (broad SMARTS) is 1. The van der Waals surface area contributed by atoms with Crippen molar-refractivity contribution in [3.8, 4) is 5.75 Å². The van der Waals surface area contributed by atoms with Gasteiger partial charge >= 0.3 is 5.97 Å². The third kappa shape index (κ3) is 7.54. The first-order valence-corrected chi connectivity index (χ1v) is 9.91. The summed E-state index contributed by atoms with van der Waals surface area (Å²) in [5.41, 5.74) is 2.35. The first-order chi connectivity index (χ1) is 14.3. The number of aliphatic carboxylic acids is 1. The molecule has 2 aromatic rings. The minimum Gasteiger partial charge on any atom is -0.496 e. The van der Waals surface area contributed by atoms with Gasteiger partial charge in [-0.15, -0.1) is 0 Å². The van der Waals surface area contributed by atoms with Gasteiger partial charge in [0.2, 0.25) is 5.91 Å². The summed E-state index contributed by atoms with van der Waals surface area (Å²) in [6.07, 6.45) is 2.18. The van der Waals surface area contributed by atoms with Crippen LogP contribution in [-0.4, -0.2) is 36.3 Å². The monoisotopic (exact) mass is 431 g/mol. The van der Waals surface area contributed by atoms with E-state index in [0.29, 0.717) is 10.8 Å². The van der Waals surface area contributed by atoms with Crippen LogP contribution in [0.25, 0.3) is 6.08 Å². The number of hydrogen-bond donors (Lipinski definition) is 2. The van der Waals surface area contributed by atoms with Gasteiger partial charge in [-0.1, -0.05) is 35.9 Å². The molecule has 6 nitrogen and oxygen atoms in total. The summed E-state index contributed by atoms with van der Waals surface area (Å²) >= 11 is 5.94. The maximum absolute atomic E-state index is 12.2. The Bertz CT molecular complexity index is 910. The van der Waals surface area contributed by atoms with Gasteiger partial charge in [0, 0.05) is 29.6 Å². The molecular weight excluding hydrogens is 406 g/mol. The fourth-order valence-electron chi connectivity index (χ4n) is 2.86. The van der Waals surface area contributed by atoms with Gasteiger partial charge in [0.1, 0.15) is 5.75 Å². The number of carbonyl (C=O) groups excluding carboxylic acids is 1. The van der Waals surface area contributed by atoms with Crippen molar-refractivity contribution in [3.63, 3.8) is 0 Å². The van der Waals surface area contributed by atoms with Crippen LogP contribution in [0.5, 0.6) is 5.75 Å². The zero-order chi connectivity index (χ0) is 22.1. The van der Waals surface area contributed by atoms with Crippen molar-refractivity contribution >= 4 is 29.6 Å². The summed E-state index contributed by atoms with van der Waals surface area (Å²) in [6.45, 7) is 3.82. The standard InChI is InChI=1S/C23H26ClNO5/c1-15(2)30-21(23(27)28)13-17-7-9-20(29-3)18(11-17)14-25-22(26)10-8-16-5-4-6-19(24)12-16/h4-12,15,21H,13-14H2,1-3H3,(H,25,26)(H,27,28).